The van der Waals surface area contributed by atoms with Crippen LogP contribution in [0.15, 0.2) is 46.9 Å². The van der Waals surface area contributed by atoms with Crippen molar-refractivity contribution in [2.45, 2.75) is 41.0 Å². The molecule has 0 bridgehead atoms. The van der Waals surface area contributed by atoms with Crippen LogP contribution in [0.2, 0.25) is 0 Å². The average Bonchev–Trinajstić information content (AvgIpc) is 3.30. The third-order valence-corrected chi connectivity index (χ3v) is 7.45. The van der Waals surface area contributed by atoms with Gasteiger partial charge in [0.1, 0.15) is 11.6 Å². The highest BCUT2D eigenvalue weighted by Crippen LogP contribution is 2.37. The molecule has 2 aromatic carbocycles. The molecule has 39 heavy (non-hydrogen) atoms. The van der Waals surface area contributed by atoms with Crippen LogP contribution in [0.3, 0.4) is 0 Å². The number of nitrogens with zero attached hydrogens (tertiary/aromatic N) is 1. The largest absolute Gasteiger partial charge is 0.455 e. The van der Waals surface area contributed by atoms with Crippen LogP contribution in [0.1, 0.15) is 41.8 Å². The van der Waals surface area contributed by atoms with Crippen molar-refractivity contribution in [3.63, 3.8) is 0 Å². The zero-order valence-electron chi connectivity index (χ0n) is 22.4. The maximum Gasteiger partial charge on any atom is 0.299 e. The number of ether oxygens (including phenoxy) is 1. The monoisotopic (exact) mass is 554 g/mol. The number of pyridine rings is 1. The van der Waals surface area contributed by atoms with E-state index >= 15 is 0 Å². The van der Waals surface area contributed by atoms with Gasteiger partial charge < -0.3 is 14.6 Å². The van der Waals surface area contributed by atoms with Gasteiger partial charge in [-0.3, -0.25) is 14.3 Å². The Morgan fingerprint density at radius 1 is 1.05 bits per heavy atom. The van der Waals surface area contributed by atoms with Gasteiger partial charge in [0, 0.05) is 42.4 Å². The summed E-state index contributed by atoms with van der Waals surface area (Å²) in [5.41, 5.74) is 3.49. The molecule has 0 saturated heterocycles. The molecule has 4 rings (SSSR count). The zero-order valence-corrected chi connectivity index (χ0v) is 23.3. The number of amides is 1. The van der Waals surface area contributed by atoms with Gasteiger partial charge in [-0.1, -0.05) is 6.92 Å². The predicted molar refractivity (Wildman–Crippen MR) is 149 cm³/mol. The summed E-state index contributed by atoms with van der Waals surface area (Å²) >= 11 is 0. The number of carbonyl (C=O) groups is 1. The van der Waals surface area contributed by atoms with Crippen molar-refractivity contribution < 1.29 is 22.3 Å². The van der Waals surface area contributed by atoms with Gasteiger partial charge in [-0.25, -0.2) is 4.39 Å². The van der Waals surface area contributed by atoms with Crippen LogP contribution in [0, 0.1) is 26.6 Å². The minimum atomic E-state index is -3.83. The first-order valence-electron chi connectivity index (χ1n) is 12.5. The van der Waals surface area contributed by atoms with E-state index in [1.807, 2.05) is 6.92 Å². The van der Waals surface area contributed by atoms with E-state index in [9.17, 15) is 22.4 Å². The molecular weight excluding hydrogens is 523 g/mol. The number of nitrogens with one attached hydrogen (secondary N) is 3. The second-order valence-electron chi connectivity index (χ2n) is 9.34. The molecule has 0 radical (unpaired) electrons. The van der Waals surface area contributed by atoms with Gasteiger partial charge >= 0.3 is 0 Å². The van der Waals surface area contributed by atoms with Crippen molar-refractivity contribution in [2.75, 3.05) is 17.8 Å². The van der Waals surface area contributed by atoms with Gasteiger partial charge in [-0.2, -0.15) is 13.1 Å². The van der Waals surface area contributed by atoms with E-state index in [1.54, 1.807) is 62.7 Å². The summed E-state index contributed by atoms with van der Waals surface area (Å²) in [7, 11) is -3.83. The van der Waals surface area contributed by atoms with Gasteiger partial charge in [-0.15, -0.1) is 0 Å². The predicted octanol–water partition coefficient (Wildman–Crippen LogP) is 4.04. The fraction of sp³-hybridized carbons (Fsp3) is 0.286. The lowest BCUT2D eigenvalue weighted by molar-refractivity contribution is -0.117. The van der Waals surface area contributed by atoms with E-state index in [0.717, 1.165) is 0 Å². The molecule has 1 aliphatic rings. The number of carbonyl (C=O) groups excluding carboxylic acids is 1. The molecule has 0 saturated carbocycles. The van der Waals surface area contributed by atoms with E-state index < -0.39 is 10.2 Å². The Morgan fingerprint density at radius 2 is 1.74 bits per heavy atom. The number of fused-ring (bicyclic) bond motifs is 1. The molecular formula is C28H31FN4O5S. The third kappa shape index (κ3) is 5.89. The van der Waals surface area contributed by atoms with Crippen LogP contribution in [0.4, 0.5) is 10.1 Å². The summed E-state index contributed by atoms with van der Waals surface area (Å²) in [5, 5.41) is 2.77. The molecule has 0 aliphatic heterocycles. The zero-order chi connectivity index (χ0) is 28.5. The summed E-state index contributed by atoms with van der Waals surface area (Å²) in [4.78, 5) is 25.7. The van der Waals surface area contributed by atoms with Crippen LogP contribution >= 0.6 is 0 Å². The lowest BCUT2D eigenvalue weighted by Gasteiger charge is -2.20. The summed E-state index contributed by atoms with van der Waals surface area (Å²) in [5.74, 6) is 0.136. The Kier molecular flexibility index (Phi) is 7.94. The molecule has 0 spiro atoms. The number of rotatable bonds is 9. The number of likely N-dealkylation sites (N-methyl/N-ethyl adjacent to an activating group) is 1. The van der Waals surface area contributed by atoms with Gasteiger partial charge in [0.2, 0.25) is 5.91 Å². The number of aryl methyl sites for hydroxylation is 3. The van der Waals surface area contributed by atoms with Crippen LogP contribution < -0.4 is 24.9 Å². The molecule has 1 aliphatic carbocycles. The standard InChI is InChI=1S/C28H31FN4O5S/c1-6-30-28(35)19-12-22-23(13-19)33(15-18(5)26(22)34)24-14-21(32-39(36,37)31-7-2)8-9-25(24)38-27-16(3)10-20(29)11-17(27)4/h8-11,13-15,31-32H,6-7,12H2,1-5H3,(H,30,35). The maximum absolute atomic E-state index is 14.0. The Morgan fingerprint density at radius 3 is 2.38 bits per heavy atom. The fourth-order valence-electron chi connectivity index (χ4n) is 4.58. The Bertz CT molecular complexity index is 1640. The molecule has 0 atom stereocenters. The summed E-state index contributed by atoms with van der Waals surface area (Å²) in [6, 6.07) is 7.46. The molecule has 9 nitrogen and oxygen atoms in total. The first-order chi connectivity index (χ1) is 18.4. The van der Waals surface area contributed by atoms with Crippen molar-refractivity contribution >= 4 is 27.9 Å². The van der Waals surface area contributed by atoms with Crippen molar-refractivity contribution in [1.29, 1.82) is 0 Å². The highest BCUT2D eigenvalue weighted by atomic mass is 32.2. The fourth-order valence-corrected chi connectivity index (χ4v) is 5.47. The Labute approximate surface area is 226 Å². The van der Waals surface area contributed by atoms with Crippen molar-refractivity contribution in [2.24, 2.45) is 0 Å². The molecule has 1 heterocycles. The van der Waals surface area contributed by atoms with Gasteiger partial charge in [0.15, 0.2) is 11.2 Å². The first-order valence-corrected chi connectivity index (χ1v) is 14.0. The molecule has 11 heteroatoms. The number of benzene rings is 2. The minimum Gasteiger partial charge on any atom is -0.455 e. The van der Waals surface area contributed by atoms with Crippen molar-refractivity contribution in [1.82, 2.24) is 14.6 Å². The quantitative estimate of drug-likeness (QED) is 0.369. The normalized spacial score (nSPS) is 12.6. The summed E-state index contributed by atoms with van der Waals surface area (Å²) in [6.07, 6.45) is 3.46. The highest BCUT2D eigenvalue weighted by Gasteiger charge is 2.26. The maximum atomic E-state index is 14.0. The topological polar surface area (TPSA) is 119 Å². The summed E-state index contributed by atoms with van der Waals surface area (Å²) in [6.45, 7) is 9.26. The van der Waals surface area contributed by atoms with E-state index in [0.29, 0.717) is 57.3 Å². The molecule has 3 aromatic rings. The molecule has 0 unspecified atom stereocenters. The van der Waals surface area contributed by atoms with Crippen LogP contribution in [-0.2, 0) is 21.4 Å². The van der Waals surface area contributed by atoms with E-state index in [4.69, 9.17) is 4.74 Å². The Balaban J connectivity index is 1.93. The summed E-state index contributed by atoms with van der Waals surface area (Å²) < 4.78 is 51.7. The number of hydrogen-bond acceptors (Lipinski definition) is 5. The average molecular weight is 555 g/mol. The molecule has 0 fully saturated rings. The molecule has 1 aromatic heterocycles. The van der Waals surface area contributed by atoms with Crippen molar-refractivity contribution in [3.05, 3.63) is 86.1 Å². The van der Waals surface area contributed by atoms with E-state index in [-0.39, 0.29) is 35.8 Å². The molecule has 1 amide bonds. The Hall–Kier alpha value is -3.96. The second kappa shape index (κ2) is 11.0. The minimum absolute atomic E-state index is 0.167. The van der Waals surface area contributed by atoms with E-state index in [1.165, 1.54) is 12.1 Å². The van der Waals surface area contributed by atoms with Crippen LogP contribution in [0.25, 0.3) is 11.8 Å². The second-order valence-corrected chi connectivity index (χ2v) is 10.8. The number of aromatic nitrogens is 1. The van der Waals surface area contributed by atoms with Gasteiger partial charge in [-0.05, 0) is 75.2 Å². The van der Waals surface area contributed by atoms with Crippen molar-refractivity contribution in [3.8, 4) is 17.2 Å². The van der Waals surface area contributed by atoms with Crippen LogP contribution in [0.5, 0.6) is 11.5 Å². The van der Waals surface area contributed by atoms with Gasteiger partial charge in [0.05, 0.1) is 17.1 Å². The smallest absolute Gasteiger partial charge is 0.299 e. The lowest BCUT2D eigenvalue weighted by Crippen LogP contribution is -2.29. The third-order valence-electron chi connectivity index (χ3n) is 6.27. The number of hydrogen-bond donors (Lipinski definition) is 3. The first kappa shape index (κ1) is 28.1. The van der Waals surface area contributed by atoms with Gasteiger partial charge in [0.25, 0.3) is 10.2 Å². The molecule has 206 valence electrons. The number of halogens is 1. The SMILES string of the molecule is CCNC(=O)C1=Cc2c(c(=O)c(C)cn2-c2cc(NS(=O)(=O)NCC)ccc2Oc2c(C)cc(F)cc2C)C1. The number of anilines is 1. The highest BCUT2D eigenvalue weighted by molar-refractivity contribution is 7.90. The lowest BCUT2D eigenvalue weighted by atomic mass is 10.1. The molecule has 3 N–H and O–H groups in total. The van der Waals surface area contributed by atoms with Crippen LogP contribution in [-0.4, -0.2) is 32.0 Å². The van der Waals surface area contributed by atoms with E-state index in [2.05, 4.69) is 14.8 Å².